The van der Waals surface area contributed by atoms with Gasteiger partial charge in [0.2, 0.25) is 0 Å². The van der Waals surface area contributed by atoms with E-state index in [1.165, 1.54) is 19.3 Å². The fourth-order valence-corrected chi connectivity index (χ4v) is 3.26. The summed E-state index contributed by atoms with van der Waals surface area (Å²) in [5, 5.41) is 9.81. The number of hydrogen-bond acceptors (Lipinski definition) is 1. The van der Waals surface area contributed by atoms with Crippen molar-refractivity contribution in [1.29, 1.82) is 0 Å². The number of fused-ring (bicyclic) bond motifs is 2. The largest absolute Gasteiger partial charge is 0.393 e. The van der Waals surface area contributed by atoms with Crippen LogP contribution >= 0.6 is 0 Å². The molecule has 2 aliphatic rings. The molecule has 0 saturated heterocycles. The van der Waals surface area contributed by atoms with Crippen LogP contribution in [0, 0.1) is 17.3 Å². The Kier molecular flexibility index (Phi) is 2.23. The molecule has 1 N–H and O–H groups in total. The first-order valence-corrected chi connectivity index (χ1v) is 5.45. The number of aliphatic hydroxyl groups is 1. The molecule has 0 aliphatic heterocycles. The molecule has 4 atom stereocenters. The smallest absolute Gasteiger partial charge is 0.0568 e. The molecule has 1 heteroatoms. The first-order chi connectivity index (χ1) is 6.13. The van der Waals surface area contributed by atoms with Gasteiger partial charge in [-0.25, -0.2) is 0 Å². The highest BCUT2D eigenvalue weighted by Crippen LogP contribution is 2.49. The van der Waals surface area contributed by atoms with Crippen molar-refractivity contribution in [3.8, 4) is 0 Å². The summed E-state index contributed by atoms with van der Waals surface area (Å²) in [4.78, 5) is 0. The molecule has 2 rings (SSSR count). The van der Waals surface area contributed by atoms with Gasteiger partial charge in [-0.15, -0.1) is 6.58 Å². The summed E-state index contributed by atoms with van der Waals surface area (Å²) >= 11 is 0. The summed E-state index contributed by atoms with van der Waals surface area (Å²) in [6.07, 6.45) is 8.02. The summed E-state index contributed by atoms with van der Waals surface area (Å²) in [5.41, 5.74) is 0.301. The summed E-state index contributed by atoms with van der Waals surface area (Å²) in [7, 11) is 0. The van der Waals surface area contributed by atoms with E-state index < -0.39 is 0 Å². The van der Waals surface area contributed by atoms with Crippen LogP contribution in [-0.2, 0) is 0 Å². The lowest BCUT2D eigenvalue weighted by Gasteiger charge is -2.46. The second-order valence-electron chi connectivity index (χ2n) is 5.27. The molecule has 0 radical (unpaired) electrons. The zero-order chi connectivity index (χ0) is 9.47. The third-order valence-corrected chi connectivity index (χ3v) is 4.03. The Hall–Kier alpha value is -0.300. The first kappa shape index (κ1) is 9.26. The maximum absolute atomic E-state index is 9.81. The second-order valence-corrected chi connectivity index (χ2v) is 5.27. The van der Waals surface area contributed by atoms with Gasteiger partial charge in [-0.1, -0.05) is 13.0 Å². The highest BCUT2D eigenvalue weighted by molar-refractivity contribution is 5.00. The highest BCUT2D eigenvalue weighted by atomic mass is 16.3. The van der Waals surface area contributed by atoms with Crippen molar-refractivity contribution in [3.63, 3.8) is 0 Å². The minimum absolute atomic E-state index is 0.0316. The second kappa shape index (κ2) is 3.13. The van der Waals surface area contributed by atoms with Gasteiger partial charge in [0.15, 0.2) is 0 Å². The number of hydrogen-bond donors (Lipinski definition) is 1. The van der Waals surface area contributed by atoms with Gasteiger partial charge in [0.05, 0.1) is 6.10 Å². The van der Waals surface area contributed by atoms with Gasteiger partial charge in [-0.3, -0.25) is 0 Å². The molecule has 0 aromatic heterocycles. The van der Waals surface area contributed by atoms with E-state index in [0.717, 1.165) is 18.8 Å². The molecule has 0 spiro atoms. The third-order valence-electron chi connectivity index (χ3n) is 4.03. The van der Waals surface area contributed by atoms with Gasteiger partial charge in [-0.2, -0.15) is 0 Å². The molecule has 0 aromatic rings. The van der Waals surface area contributed by atoms with E-state index in [-0.39, 0.29) is 6.10 Å². The van der Waals surface area contributed by atoms with Crippen LogP contribution in [0.2, 0.25) is 0 Å². The van der Waals surface area contributed by atoms with Crippen LogP contribution in [0.5, 0.6) is 0 Å². The number of aliphatic hydroxyl groups excluding tert-OH is 1. The van der Waals surface area contributed by atoms with Gasteiger partial charge < -0.3 is 5.11 Å². The van der Waals surface area contributed by atoms with Gasteiger partial charge in [0, 0.05) is 0 Å². The zero-order valence-corrected chi connectivity index (χ0v) is 8.50. The molecular formula is C12H20O. The zero-order valence-electron chi connectivity index (χ0n) is 8.50. The van der Waals surface area contributed by atoms with Crippen LogP contribution in [-0.4, -0.2) is 11.2 Å². The molecule has 13 heavy (non-hydrogen) atoms. The van der Waals surface area contributed by atoms with E-state index in [0.29, 0.717) is 11.3 Å². The van der Waals surface area contributed by atoms with Crippen molar-refractivity contribution < 1.29 is 5.11 Å². The van der Waals surface area contributed by atoms with Crippen molar-refractivity contribution >= 4 is 0 Å². The van der Waals surface area contributed by atoms with E-state index >= 15 is 0 Å². The SMILES string of the molecule is C=CC1(C)CC2CCC(O)C(C2)C1. The van der Waals surface area contributed by atoms with Crippen molar-refractivity contribution in [2.75, 3.05) is 0 Å². The quantitative estimate of drug-likeness (QED) is 0.615. The van der Waals surface area contributed by atoms with Gasteiger partial charge in [0.1, 0.15) is 0 Å². The Morgan fingerprint density at radius 1 is 1.38 bits per heavy atom. The molecule has 2 bridgehead atoms. The lowest BCUT2D eigenvalue weighted by Crippen LogP contribution is -2.39. The average Bonchev–Trinajstić information content (AvgIpc) is 2.12. The summed E-state index contributed by atoms with van der Waals surface area (Å²) in [5.74, 6) is 1.40. The summed E-state index contributed by atoms with van der Waals surface area (Å²) in [6.45, 7) is 6.22. The molecule has 0 amide bonds. The topological polar surface area (TPSA) is 20.2 Å². The van der Waals surface area contributed by atoms with E-state index in [2.05, 4.69) is 19.6 Å². The molecule has 0 heterocycles. The fraction of sp³-hybridized carbons (Fsp3) is 0.833. The van der Waals surface area contributed by atoms with Crippen LogP contribution in [0.25, 0.3) is 0 Å². The predicted octanol–water partition coefficient (Wildman–Crippen LogP) is 2.75. The maximum atomic E-state index is 9.81. The predicted molar refractivity (Wildman–Crippen MR) is 54.4 cm³/mol. The fourth-order valence-electron chi connectivity index (χ4n) is 3.26. The molecule has 2 saturated carbocycles. The molecule has 0 aromatic carbocycles. The standard InChI is InChI=1S/C12H20O/c1-3-12(2)7-9-4-5-11(13)10(6-9)8-12/h3,9-11,13H,1,4-8H2,2H3. The molecule has 1 nitrogen and oxygen atoms in total. The number of rotatable bonds is 1. The lowest BCUT2D eigenvalue weighted by molar-refractivity contribution is -0.0111. The van der Waals surface area contributed by atoms with E-state index in [1.807, 2.05) is 0 Å². The minimum Gasteiger partial charge on any atom is -0.393 e. The normalized spacial score (nSPS) is 50.2. The highest BCUT2D eigenvalue weighted by Gasteiger charge is 2.40. The first-order valence-electron chi connectivity index (χ1n) is 5.45. The van der Waals surface area contributed by atoms with Crippen LogP contribution < -0.4 is 0 Å². The summed E-state index contributed by atoms with van der Waals surface area (Å²) in [6, 6.07) is 0. The Labute approximate surface area is 80.8 Å². The Bertz CT molecular complexity index is 211. The molecule has 4 unspecified atom stereocenters. The Morgan fingerprint density at radius 3 is 2.85 bits per heavy atom. The monoisotopic (exact) mass is 180 g/mol. The summed E-state index contributed by atoms with van der Waals surface area (Å²) < 4.78 is 0. The number of allylic oxidation sites excluding steroid dienone is 1. The lowest BCUT2D eigenvalue weighted by atomic mass is 9.61. The van der Waals surface area contributed by atoms with Crippen LogP contribution in [0.1, 0.15) is 39.0 Å². The molecular weight excluding hydrogens is 160 g/mol. The average molecular weight is 180 g/mol. The molecule has 74 valence electrons. The van der Waals surface area contributed by atoms with E-state index in [4.69, 9.17) is 0 Å². The van der Waals surface area contributed by atoms with Crippen LogP contribution in [0.4, 0.5) is 0 Å². The van der Waals surface area contributed by atoms with Crippen LogP contribution in [0.3, 0.4) is 0 Å². The van der Waals surface area contributed by atoms with E-state index in [1.54, 1.807) is 0 Å². The Morgan fingerprint density at radius 2 is 2.15 bits per heavy atom. The van der Waals surface area contributed by atoms with Gasteiger partial charge in [0.25, 0.3) is 0 Å². The third kappa shape index (κ3) is 1.67. The van der Waals surface area contributed by atoms with Crippen LogP contribution in [0.15, 0.2) is 12.7 Å². The van der Waals surface area contributed by atoms with Crippen molar-refractivity contribution in [2.45, 2.75) is 45.1 Å². The minimum atomic E-state index is -0.0316. The van der Waals surface area contributed by atoms with Crippen molar-refractivity contribution in [3.05, 3.63) is 12.7 Å². The van der Waals surface area contributed by atoms with Gasteiger partial charge >= 0.3 is 0 Å². The maximum Gasteiger partial charge on any atom is 0.0568 e. The van der Waals surface area contributed by atoms with Gasteiger partial charge in [-0.05, 0) is 49.4 Å². The van der Waals surface area contributed by atoms with Crippen molar-refractivity contribution in [1.82, 2.24) is 0 Å². The molecule has 2 aliphatic carbocycles. The Balaban J connectivity index is 2.12. The van der Waals surface area contributed by atoms with E-state index in [9.17, 15) is 5.11 Å². The van der Waals surface area contributed by atoms with Crippen molar-refractivity contribution in [2.24, 2.45) is 17.3 Å². The molecule has 2 fully saturated rings.